The van der Waals surface area contributed by atoms with E-state index in [2.05, 4.69) is 0 Å². The zero-order valence-electron chi connectivity index (χ0n) is 11.9. The van der Waals surface area contributed by atoms with Crippen molar-refractivity contribution in [1.29, 1.82) is 0 Å². The number of ether oxygens (including phenoxy) is 2. The van der Waals surface area contributed by atoms with Crippen LogP contribution in [-0.2, 0) is 6.42 Å². The number of benzene rings is 2. The maximum absolute atomic E-state index is 13.2. The Labute approximate surface area is 128 Å². The highest BCUT2D eigenvalue weighted by atomic mass is 35.5. The highest BCUT2D eigenvalue weighted by Crippen LogP contribution is 2.39. The van der Waals surface area contributed by atoms with Gasteiger partial charge >= 0.3 is 0 Å². The van der Waals surface area contributed by atoms with E-state index < -0.39 is 0 Å². The van der Waals surface area contributed by atoms with E-state index in [0.29, 0.717) is 22.9 Å². The van der Waals surface area contributed by atoms with E-state index in [-0.39, 0.29) is 11.9 Å². The number of halogens is 2. The molecular weight excluding hydrogens is 293 g/mol. The van der Waals surface area contributed by atoms with Crippen LogP contribution in [0, 0.1) is 5.82 Å². The molecule has 0 spiro atoms. The van der Waals surface area contributed by atoms with Crippen molar-refractivity contribution in [2.45, 2.75) is 12.5 Å². The molecule has 0 heterocycles. The first-order chi connectivity index (χ1) is 10.1. The lowest BCUT2D eigenvalue weighted by Crippen LogP contribution is -2.15. The van der Waals surface area contributed by atoms with Gasteiger partial charge in [0.25, 0.3) is 0 Å². The van der Waals surface area contributed by atoms with E-state index in [1.165, 1.54) is 26.4 Å². The number of hydrogen-bond acceptors (Lipinski definition) is 3. The van der Waals surface area contributed by atoms with Gasteiger partial charge in [-0.2, -0.15) is 0 Å². The van der Waals surface area contributed by atoms with E-state index in [1.807, 2.05) is 12.1 Å². The molecule has 1 atom stereocenters. The van der Waals surface area contributed by atoms with Gasteiger partial charge in [0.2, 0.25) is 0 Å². The lowest BCUT2D eigenvalue weighted by Gasteiger charge is -2.18. The monoisotopic (exact) mass is 309 g/mol. The van der Waals surface area contributed by atoms with Crippen LogP contribution in [0.25, 0.3) is 0 Å². The van der Waals surface area contributed by atoms with Gasteiger partial charge in [0.1, 0.15) is 22.3 Å². The lowest BCUT2D eigenvalue weighted by molar-refractivity contribution is 0.388. The molecule has 2 N–H and O–H groups in total. The van der Waals surface area contributed by atoms with Crippen molar-refractivity contribution in [3.63, 3.8) is 0 Å². The zero-order chi connectivity index (χ0) is 15.4. The Balaban J connectivity index is 2.30. The number of hydrogen-bond donors (Lipinski definition) is 1. The third-order valence-corrected chi connectivity index (χ3v) is 3.62. The maximum atomic E-state index is 13.2. The Hall–Kier alpha value is -1.78. The summed E-state index contributed by atoms with van der Waals surface area (Å²) in [7, 11) is 3.06. The summed E-state index contributed by atoms with van der Waals surface area (Å²) in [5, 5.41) is 0.382. The summed E-state index contributed by atoms with van der Waals surface area (Å²) in [5.41, 5.74) is 7.79. The first-order valence-electron chi connectivity index (χ1n) is 6.47. The van der Waals surface area contributed by atoms with Crippen LogP contribution in [0.4, 0.5) is 4.39 Å². The van der Waals surface area contributed by atoms with E-state index in [0.717, 1.165) is 11.1 Å². The van der Waals surface area contributed by atoms with Gasteiger partial charge in [0.15, 0.2) is 0 Å². The minimum absolute atomic E-state index is 0.278. The van der Waals surface area contributed by atoms with Crippen LogP contribution in [-0.4, -0.2) is 14.2 Å². The molecule has 0 aliphatic carbocycles. The van der Waals surface area contributed by atoms with Gasteiger partial charge < -0.3 is 15.2 Å². The van der Waals surface area contributed by atoms with Crippen LogP contribution >= 0.6 is 11.6 Å². The average Bonchev–Trinajstić information content (AvgIpc) is 2.46. The summed E-state index contributed by atoms with van der Waals surface area (Å²) < 4.78 is 23.7. The zero-order valence-corrected chi connectivity index (χ0v) is 12.7. The third-order valence-electron chi connectivity index (χ3n) is 3.26. The maximum Gasteiger partial charge on any atom is 0.146 e. The molecule has 3 nitrogen and oxygen atoms in total. The topological polar surface area (TPSA) is 44.5 Å². The third kappa shape index (κ3) is 3.46. The quantitative estimate of drug-likeness (QED) is 0.915. The van der Waals surface area contributed by atoms with Gasteiger partial charge in [-0.05, 0) is 36.2 Å². The molecule has 0 saturated carbocycles. The fourth-order valence-corrected chi connectivity index (χ4v) is 2.56. The predicted octanol–water partition coefficient (Wildman–Crippen LogP) is 3.74. The van der Waals surface area contributed by atoms with Crippen LogP contribution in [0.5, 0.6) is 11.5 Å². The summed E-state index contributed by atoms with van der Waals surface area (Å²) in [4.78, 5) is 0. The second kappa shape index (κ2) is 6.78. The van der Waals surface area contributed by atoms with Gasteiger partial charge in [-0.1, -0.05) is 23.7 Å². The van der Waals surface area contributed by atoms with Crippen molar-refractivity contribution in [3.8, 4) is 11.5 Å². The highest BCUT2D eigenvalue weighted by Gasteiger charge is 2.18. The molecule has 0 fully saturated rings. The fourth-order valence-electron chi connectivity index (χ4n) is 2.24. The predicted molar refractivity (Wildman–Crippen MR) is 81.6 cm³/mol. The molecule has 0 bridgehead atoms. The van der Waals surface area contributed by atoms with Crippen LogP contribution < -0.4 is 15.2 Å². The molecule has 0 aliphatic rings. The average molecular weight is 310 g/mol. The van der Waals surface area contributed by atoms with E-state index in [9.17, 15) is 4.39 Å². The van der Waals surface area contributed by atoms with Gasteiger partial charge in [-0.15, -0.1) is 0 Å². The molecule has 2 aromatic carbocycles. The Morgan fingerprint density at radius 1 is 1.19 bits per heavy atom. The molecule has 5 heteroatoms. The molecule has 0 radical (unpaired) electrons. The standard InChI is InChI=1S/C16H17ClFNO2/c1-20-14-7-6-12(16(21-2)15(14)17)13(19)9-10-4-3-5-11(18)8-10/h3-8,13H,9,19H2,1-2H3. The van der Waals surface area contributed by atoms with Gasteiger partial charge in [0, 0.05) is 11.6 Å². The Kier molecular flexibility index (Phi) is 5.04. The van der Waals surface area contributed by atoms with Crippen molar-refractivity contribution >= 4 is 11.6 Å². The fraction of sp³-hybridized carbons (Fsp3) is 0.250. The summed E-state index contributed by atoms with van der Waals surface area (Å²) in [6.45, 7) is 0. The van der Waals surface area contributed by atoms with Crippen molar-refractivity contribution in [2.24, 2.45) is 5.73 Å². The highest BCUT2D eigenvalue weighted by molar-refractivity contribution is 6.33. The lowest BCUT2D eigenvalue weighted by atomic mass is 9.98. The van der Waals surface area contributed by atoms with Crippen LogP contribution in [0.3, 0.4) is 0 Å². The molecular formula is C16H17ClFNO2. The molecule has 21 heavy (non-hydrogen) atoms. The first kappa shape index (κ1) is 15.6. The Morgan fingerprint density at radius 3 is 2.57 bits per heavy atom. The first-order valence-corrected chi connectivity index (χ1v) is 6.85. The summed E-state index contributed by atoms with van der Waals surface area (Å²) >= 11 is 6.22. The minimum atomic E-state index is -0.356. The Morgan fingerprint density at radius 2 is 1.95 bits per heavy atom. The second-order valence-corrected chi connectivity index (χ2v) is 5.02. The Bertz CT molecular complexity index is 634. The molecule has 2 rings (SSSR count). The van der Waals surface area contributed by atoms with Crippen LogP contribution in [0.2, 0.25) is 5.02 Å². The van der Waals surface area contributed by atoms with Crippen molar-refractivity contribution in [1.82, 2.24) is 0 Å². The molecule has 2 aromatic rings. The largest absolute Gasteiger partial charge is 0.495 e. The van der Waals surface area contributed by atoms with Crippen molar-refractivity contribution in [3.05, 3.63) is 58.4 Å². The summed E-state index contributed by atoms with van der Waals surface area (Å²) in [6.07, 6.45) is 0.483. The molecule has 0 amide bonds. The van der Waals surface area contributed by atoms with Gasteiger partial charge in [0.05, 0.1) is 14.2 Å². The number of rotatable bonds is 5. The molecule has 112 valence electrons. The number of methoxy groups -OCH3 is 2. The summed E-state index contributed by atoms with van der Waals surface area (Å²) in [6, 6.07) is 9.57. The molecule has 0 aliphatic heterocycles. The van der Waals surface area contributed by atoms with Crippen LogP contribution in [0.1, 0.15) is 17.2 Å². The smallest absolute Gasteiger partial charge is 0.146 e. The SMILES string of the molecule is COc1ccc(C(N)Cc2cccc(F)c2)c(OC)c1Cl. The van der Waals surface area contributed by atoms with E-state index in [1.54, 1.807) is 12.1 Å². The minimum Gasteiger partial charge on any atom is -0.495 e. The molecule has 0 saturated heterocycles. The van der Waals surface area contributed by atoms with Crippen molar-refractivity contribution in [2.75, 3.05) is 14.2 Å². The second-order valence-electron chi connectivity index (χ2n) is 4.64. The van der Waals surface area contributed by atoms with E-state index in [4.69, 9.17) is 26.8 Å². The van der Waals surface area contributed by atoms with Crippen LogP contribution in [0.15, 0.2) is 36.4 Å². The molecule has 1 unspecified atom stereocenters. The molecule has 0 aromatic heterocycles. The van der Waals surface area contributed by atoms with Gasteiger partial charge in [-0.3, -0.25) is 0 Å². The van der Waals surface area contributed by atoms with E-state index >= 15 is 0 Å². The summed E-state index contributed by atoms with van der Waals surface area (Å²) in [5.74, 6) is 0.731. The normalized spacial score (nSPS) is 12.0. The van der Waals surface area contributed by atoms with Gasteiger partial charge in [-0.25, -0.2) is 4.39 Å². The van der Waals surface area contributed by atoms with Crippen molar-refractivity contribution < 1.29 is 13.9 Å². The number of nitrogens with two attached hydrogens (primary N) is 1.